The summed E-state index contributed by atoms with van der Waals surface area (Å²) in [5.74, 6) is 0.201. The summed E-state index contributed by atoms with van der Waals surface area (Å²) in [6.07, 6.45) is 8.89. The van der Waals surface area contributed by atoms with Crippen LogP contribution in [0.4, 0.5) is 5.69 Å². The molecule has 3 aromatic heterocycles. The molecule has 0 spiro atoms. The molecule has 0 aliphatic heterocycles. The largest absolute Gasteiger partial charge is 0.330 e. The maximum Gasteiger partial charge on any atom is 0.330 e. The molecule has 0 bridgehead atoms. The zero-order valence-electron chi connectivity index (χ0n) is 14.2. The van der Waals surface area contributed by atoms with Crippen LogP contribution in [0.25, 0.3) is 11.9 Å². The third-order valence-corrected chi connectivity index (χ3v) is 3.64. The Hall–Kier alpha value is -3.75. The number of hydrogen-bond acceptors (Lipinski definition) is 5. The maximum atomic E-state index is 12.0. The first-order chi connectivity index (χ1) is 12.5. The van der Waals surface area contributed by atoms with Gasteiger partial charge in [0.15, 0.2) is 5.82 Å². The lowest BCUT2D eigenvalue weighted by Gasteiger charge is -2.05. The second-order valence-electron chi connectivity index (χ2n) is 5.52. The summed E-state index contributed by atoms with van der Waals surface area (Å²) in [7, 11) is 2.92. The van der Waals surface area contributed by atoms with E-state index in [2.05, 4.69) is 15.4 Å². The maximum absolute atomic E-state index is 12.0. The van der Waals surface area contributed by atoms with Crippen molar-refractivity contribution in [3.05, 3.63) is 75.5 Å². The van der Waals surface area contributed by atoms with Crippen molar-refractivity contribution in [1.29, 1.82) is 0 Å². The number of aryl methyl sites for hydroxylation is 1. The van der Waals surface area contributed by atoms with Crippen molar-refractivity contribution in [2.45, 2.75) is 0 Å². The molecule has 0 aliphatic carbocycles. The molecule has 0 saturated carbocycles. The van der Waals surface area contributed by atoms with Crippen LogP contribution in [0, 0.1) is 0 Å². The third-order valence-electron chi connectivity index (χ3n) is 3.64. The lowest BCUT2D eigenvalue weighted by molar-refractivity contribution is -0.111. The van der Waals surface area contributed by atoms with Gasteiger partial charge < -0.3 is 9.88 Å². The highest BCUT2D eigenvalue weighted by Gasteiger charge is 2.05. The number of carbonyl (C=O) groups is 1. The first-order valence-electron chi connectivity index (χ1n) is 7.67. The van der Waals surface area contributed by atoms with Crippen LogP contribution < -0.4 is 16.6 Å². The van der Waals surface area contributed by atoms with Crippen molar-refractivity contribution in [3.8, 4) is 5.82 Å². The third kappa shape index (κ3) is 3.51. The summed E-state index contributed by atoms with van der Waals surface area (Å²) >= 11 is 0. The highest BCUT2D eigenvalue weighted by atomic mass is 16.2. The Morgan fingerprint density at radius 1 is 1.23 bits per heavy atom. The Labute approximate surface area is 147 Å². The SMILES string of the molecule is Cn1cc(/C=C/C(=O)Nc2ccc(-n3cccn3)nc2)c(=O)n(C)c1=O. The van der Waals surface area contributed by atoms with Crippen LogP contribution in [0.1, 0.15) is 5.56 Å². The predicted molar refractivity (Wildman–Crippen MR) is 95.9 cm³/mol. The Morgan fingerprint density at radius 3 is 2.69 bits per heavy atom. The fraction of sp³-hybridized carbons (Fsp3) is 0.118. The van der Waals surface area contributed by atoms with Crippen LogP contribution >= 0.6 is 0 Å². The quantitative estimate of drug-likeness (QED) is 0.681. The summed E-state index contributed by atoms with van der Waals surface area (Å²) in [4.78, 5) is 39.9. The fourth-order valence-corrected chi connectivity index (χ4v) is 2.30. The molecule has 26 heavy (non-hydrogen) atoms. The van der Waals surface area contributed by atoms with E-state index in [4.69, 9.17) is 0 Å². The molecule has 1 N–H and O–H groups in total. The van der Waals surface area contributed by atoms with E-state index in [-0.39, 0.29) is 5.56 Å². The molecule has 0 aliphatic rings. The number of rotatable bonds is 4. The molecule has 3 heterocycles. The topological polar surface area (TPSA) is 104 Å². The minimum Gasteiger partial charge on any atom is -0.321 e. The molecular weight excluding hydrogens is 336 g/mol. The van der Waals surface area contributed by atoms with E-state index in [0.29, 0.717) is 11.5 Å². The molecular formula is C17H16N6O3. The average Bonchev–Trinajstić information content (AvgIpc) is 3.17. The van der Waals surface area contributed by atoms with Crippen LogP contribution in [0.5, 0.6) is 0 Å². The summed E-state index contributed by atoms with van der Waals surface area (Å²) in [6.45, 7) is 0. The number of pyridine rings is 1. The van der Waals surface area contributed by atoms with Gasteiger partial charge in [-0.15, -0.1) is 0 Å². The van der Waals surface area contributed by atoms with Crippen molar-refractivity contribution in [2.24, 2.45) is 14.1 Å². The van der Waals surface area contributed by atoms with E-state index < -0.39 is 17.2 Å². The Kier molecular flexibility index (Phi) is 4.61. The van der Waals surface area contributed by atoms with Gasteiger partial charge in [0.25, 0.3) is 5.56 Å². The fourth-order valence-electron chi connectivity index (χ4n) is 2.30. The van der Waals surface area contributed by atoms with Gasteiger partial charge in [0, 0.05) is 38.8 Å². The summed E-state index contributed by atoms with van der Waals surface area (Å²) in [5, 5.41) is 6.72. The van der Waals surface area contributed by atoms with Crippen LogP contribution in [-0.2, 0) is 18.9 Å². The number of nitrogens with zero attached hydrogens (tertiary/aromatic N) is 5. The van der Waals surface area contributed by atoms with Crippen molar-refractivity contribution >= 4 is 17.7 Å². The van der Waals surface area contributed by atoms with Gasteiger partial charge in [0.1, 0.15) is 0 Å². The van der Waals surface area contributed by atoms with Crippen molar-refractivity contribution in [3.63, 3.8) is 0 Å². The minimum absolute atomic E-state index is 0.233. The minimum atomic E-state index is -0.470. The van der Waals surface area contributed by atoms with E-state index >= 15 is 0 Å². The Balaban J connectivity index is 1.72. The Morgan fingerprint density at radius 2 is 2.04 bits per heavy atom. The second-order valence-corrected chi connectivity index (χ2v) is 5.52. The van der Waals surface area contributed by atoms with Crippen LogP contribution in [0.15, 0.2) is 58.7 Å². The number of nitrogens with one attached hydrogen (secondary N) is 1. The zero-order chi connectivity index (χ0) is 18.7. The molecule has 0 saturated heterocycles. The van der Waals surface area contributed by atoms with Gasteiger partial charge in [0.05, 0.1) is 17.4 Å². The van der Waals surface area contributed by atoms with Gasteiger partial charge in [-0.25, -0.2) is 14.5 Å². The number of hydrogen-bond donors (Lipinski definition) is 1. The molecule has 0 radical (unpaired) electrons. The molecule has 9 nitrogen and oxygen atoms in total. The van der Waals surface area contributed by atoms with Gasteiger partial charge in [-0.3, -0.25) is 14.2 Å². The van der Waals surface area contributed by atoms with Gasteiger partial charge in [-0.2, -0.15) is 5.10 Å². The molecule has 9 heteroatoms. The standard InChI is InChI=1S/C17H16N6O3/c1-21-11-12(16(25)22(2)17(21)26)4-7-15(24)20-13-5-6-14(18-10-13)23-9-3-8-19-23/h3-11H,1-2H3,(H,20,24)/b7-4+. The summed E-state index contributed by atoms with van der Waals surface area (Å²) in [5.41, 5.74) is -0.164. The van der Waals surface area contributed by atoms with E-state index in [0.717, 1.165) is 4.57 Å². The number of aromatic nitrogens is 5. The lowest BCUT2D eigenvalue weighted by atomic mass is 10.3. The normalized spacial score (nSPS) is 11.0. The molecule has 1 amide bonds. The monoisotopic (exact) mass is 352 g/mol. The smallest absolute Gasteiger partial charge is 0.321 e. The lowest BCUT2D eigenvalue weighted by Crippen LogP contribution is -2.37. The van der Waals surface area contributed by atoms with E-state index in [1.807, 2.05) is 0 Å². The van der Waals surface area contributed by atoms with Crippen LogP contribution in [-0.4, -0.2) is 29.8 Å². The molecule has 0 aromatic carbocycles. The zero-order valence-corrected chi connectivity index (χ0v) is 14.2. The average molecular weight is 352 g/mol. The van der Waals surface area contributed by atoms with Gasteiger partial charge >= 0.3 is 5.69 Å². The second kappa shape index (κ2) is 7.01. The number of carbonyl (C=O) groups excluding carboxylic acids is 1. The molecule has 132 valence electrons. The van der Waals surface area contributed by atoms with Gasteiger partial charge in [0.2, 0.25) is 5.91 Å². The van der Waals surface area contributed by atoms with Gasteiger partial charge in [-0.05, 0) is 24.3 Å². The van der Waals surface area contributed by atoms with E-state index in [9.17, 15) is 14.4 Å². The van der Waals surface area contributed by atoms with Crippen LogP contribution in [0.2, 0.25) is 0 Å². The van der Waals surface area contributed by atoms with Crippen LogP contribution in [0.3, 0.4) is 0 Å². The molecule has 3 rings (SSSR count). The molecule has 0 fully saturated rings. The van der Waals surface area contributed by atoms with Crippen molar-refractivity contribution in [1.82, 2.24) is 23.9 Å². The first-order valence-corrected chi connectivity index (χ1v) is 7.67. The van der Waals surface area contributed by atoms with E-state index in [1.165, 1.54) is 43.2 Å². The van der Waals surface area contributed by atoms with Crippen molar-refractivity contribution < 1.29 is 4.79 Å². The number of amides is 1. The number of anilines is 1. The summed E-state index contributed by atoms with van der Waals surface area (Å²) in [6, 6.07) is 5.20. The highest BCUT2D eigenvalue weighted by molar-refractivity contribution is 6.01. The van der Waals surface area contributed by atoms with E-state index in [1.54, 1.807) is 35.3 Å². The molecule has 0 atom stereocenters. The highest BCUT2D eigenvalue weighted by Crippen LogP contribution is 2.09. The predicted octanol–water partition coefficient (Wildman–Crippen LogP) is 0.317. The van der Waals surface area contributed by atoms with Gasteiger partial charge in [-0.1, -0.05) is 0 Å². The molecule has 3 aromatic rings. The summed E-state index contributed by atoms with van der Waals surface area (Å²) < 4.78 is 3.85. The molecule has 0 unspecified atom stereocenters. The first kappa shape index (κ1) is 17.1. The Bertz CT molecular complexity index is 1080. The van der Waals surface area contributed by atoms with Crippen molar-refractivity contribution in [2.75, 3.05) is 5.32 Å².